The molecule has 0 amide bonds. The Morgan fingerprint density at radius 1 is 0.919 bits per heavy atom. The van der Waals surface area contributed by atoms with Crippen LogP contribution in [-0.4, -0.2) is 56.3 Å². The highest BCUT2D eigenvalue weighted by Gasteiger charge is 2.35. The number of aryl methyl sites for hydroxylation is 3. The molecule has 1 fully saturated rings. The molecule has 5 rings (SSSR count). The van der Waals surface area contributed by atoms with E-state index in [4.69, 9.17) is 0 Å². The number of hydrogen-bond acceptors (Lipinski definition) is 6. The van der Waals surface area contributed by atoms with Crippen molar-refractivity contribution in [2.24, 2.45) is 0 Å². The molecule has 0 aliphatic carbocycles. The van der Waals surface area contributed by atoms with Gasteiger partial charge in [0.05, 0.1) is 11.1 Å². The first kappa shape index (κ1) is 25.1. The fourth-order valence-corrected chi connectivity index (χ4v) is 5.44. The van der Waals surface area contributed by atoms with Crippen molar-refractivity contribution >= 4 is 16.6 Å². The standard InChI is InChI=1S/C29H37N7O/c1-18-9-8-10-24(21(18)4)34-13-15-35(16-14-34)26(27-31-32-33-36(27)29(5,6)7)23-17-22-19(2)11-12-20(3)25(22)30-28(23)37/h8-12,17,26H,13-16H2,1-7H3,(H,30,37)/t26-/m1/s1. The molecular weight excluding hydrogens is 462 g/mol. The molecular formula is C29H37N7O. The second kappa shape index (κ2) is 9.41. The predicted octanol–water partition coefficient (Wildman–Crippen LogP) is 4.41. The van der Waals surface area contributed by atoms with Gasteiger partial charge in [0.2, 0.25) is 0 Å². The molecule has 2 aromatic heterocycles. The van der Waals surface area contributed by atoms with Crippen LogP contribution >= 0.6 is 0 Å². The van der Waals surface area contributed by atoms with Crippen molar-refractivity contribution in [1.29, 1.82) is 0 Å². The second-order valence-electron chi connectivity index (χ2n) is 11.3. The van der Waals surface area contributed by atoms with E-state index in [-0.39, 0.29) is 17.1 Å². The normalized spacial score (nSPS) is 15.9. The van der Waals surface area contributed by atoms with Crippen LogP contribution in [0.5, 0.6) is 0 Å². The van der Waals surface area contributed by atoms with Crippen LogP contribution in [0.15, 0.2) is 41.2 Å². The van der Waals surface area contributed by atoms with Crippen LogP contribution in [0.1, 0.15) is 60.5 Å². The van der Waals surface area contributed by atoms with Crippen molar-refractivity contribution in [1.82, 2.24) is 30.1 Å². The number of rotatable bonds is 4. The van der Waals surface area contributed by atoms with Crippen molar-refractivity contribution < 1.29 is 0 Å². The Hall–Kier alpha value is -3.52. The number of fused-ring (bicyclic) bond motifs is 1. The zero-order valence-electron chi connectivity index (χ0n) is 23.0. The van der Waals surface area contributed by atoms with E-state index in [1.807, 2.05) is 11.6 Å². The van der Waals surface area contributed by atoms with Crippen LogP contribution in [0.2, 0.25) is 0 Å². The van der Waals surface area contributed by atoms with E-state index in [2.05, 4.69) is 108 Å². The highest BCUT2D eigenvalue weighted by molar-refractivity contribution is 5.85. The number of pyridine rings is 1. The molecule has 2 aromatic carbocycles. The second-order valence-corrected chi connectivity index (χ2v) is 11.3. The van der Waals surface area contributed by atoms with Gasteiger partial charge in [-0.1, -0.05) is 24.3 Å². The number of aromatic nitrogens is 5. The molecule has 1 aliphatic rings. The van der Waals surface area contributed by atoms with Gasteiger partial charge in [-0.25, -0.2) is 4.68 Å². The van der Waals surface area contributed by atoms with Gasteiger partial charge in [-0.3, -0.25) is 9.69 Å². The molecule has 8 heteroatoms. The van der Waals surface area contributed by atoms with E-state index < -0.39 is 0 Å². The Bertz CT molecular complexity index is 1500. The summed E-state index contributed by atoms with van der Waals surface area (Å²) >= 11 is 0. The summed E-state index contributed by atoms with van der Waals surface area (Å²) in [5, 5.41) is 13.9. The molecule has 0 spiro atoms. The van der Waals surface area contributed by atoms with Crippen molar-refractivity contribution in [3.8, 4) is 0 Å². The summed E-state index contributed by atoms with van der Waals surface area (Å²) in [7, 11) is 0. The monoisotopic (exact) mass is 499 g/mol. The smallest absolute Gasteiger partial charge is 0.253 e. The van der Waals surface area contributed by atoms with Gasteiger partial charge in [0.1, 0.15) is 6.04 Å². The number of benzene rings is 2. The summed E-state index contributed by atoms with van der Waals surface area (Å²) < 4.78 is 1.86. The minimum absolute atomic E-state index is 0.0911. The van der Waals surface area contributed by atoms with Crippen molar-refractivity contribution in [3.63, 3.8) is 0 Å². The Kier molecular flexibility index (Phi) is 6.40. The summed E-state index contributed by atoms with van der Waals surface area (Å²) in [4.78, 5) is 21.6. The largest absolute Gasteiger partial charge is 0.369 e. The number of anilines is 1. The molecule has 0 saturated carbocycles. The van der Waals surface area contributed by atoms with Crippen LogP contribution in [-0.2, 0) is 5.54 Å². The Balaban J connectivity index is 1.59. The Labute approximate surface area is 218 Å². The summed E-state index contributed by atoms with van der Waals surface area (Å²) in [6, 6.07) is 12.3. The van der Waals surface area contributed by atoms with Crippen LogP contribution < -0.4 is 10.5 Å². The maximum atomic E-state index is 13.6. The number of tetrazole rings is 1. The minimum atomic E-state index is -0.358. The van der Waals surface area contributed by atoms with E-state index in [0.717, 1.165) is 48.2 Å². The molecule has 37 heavy (non-hydrogen) atoms. The third kappa shape index (κ3) is 4.55. The number of aromatic amines is 1. The van der Waals surface area contributed by atoms with Gasteiger partial charge in [0.25, 0.3) is 5.56 Å². The van der Waals surface area contributed by atoms with Crippen LogP contribution in [0.3, 0.4) is 0 Å². The molecule has 1 atom stereocenters. The molecule has 0 radical (unpaired) electrons. The van der Waals surface area contributed by atoms with Gasteiger partial charge in [-0.15, -0.1) is 5.10 Å². The highest BCUT2D eigenvalue weighted by Crippen LogP contribution is 2.32. The molecule has 1 N–H and O–H groups in total. The lowest BCUT2D eigenvalue weighted by molar-refractivity contribution is 0.190. The number of nitrogens with zero attached hydrogens (tertiary/aromatic N) is 6. The van der Waals surface area contributed by atoms with Gasteiger partial charge in [-0.05, 0) is 93.3 Å². The maximum Gasteiger partial charge on any atom is 0.253 e. The average Bonchev–Trinajstić information content (AvgIpc) is 3.35. The molecule has 8 nitrogen and oxygen atoms in total. The summed E-state index contributed by atoms with van der Waals surface area (Å²) in [5.41, 5.74) is 7.25. The number of hydrogen-bond donors (Lipinski definition) is 1. The lowest BCUT2D eigenvalue weighted by Gasteiger charge is -2.40. The topological polar surface area (TPSA) is 82.9 Å². The van der Waals surface area contributed by atoms with E-state index in [1.165, 1.54) is 16.8 Å². The molecule has 4 aromatic rings. The minimum Gasteiger partial charge on any atom is -0.369 e. The third-order valence-electron chi connectivity index (χ3n) is 7.74. The zero-order valence-corrected chi connectivity index (χ0v) is 23.0. The summed E-state index contributed by atoms with van der Waals surface area (Å²) in [6.07, 6.45) is 0. The van der Waals surface area contributed by atoms with Gasteiger partial charge in [0, 0.05) is 42.8 Å². The van der Waals surface area contributed by atoms with Crippen molar-refractivity contribution in [2.45, 2.75) is 60.0 Å². The van der Waals surface area contributed by atoms with Crippen LogP contribution in [0, 0.1) is 27.7 Å². The maximum absolute atomic E-state index is 13.6. The van der Waals surface area contributed by atoms with Crippen LogP contribution in [0.25, 0.3) is 10.9 Å². The molecule has 1 saturated heterocycles. The van der Waals surface area contributed by atoms with Gasteiger partial charge in [-0.2, -0.15) is 0 Å². The Morgan fingerprint density at radius 3 is 2.32 bits per heavy atom. The molecule has 0 unspecified atom stereocenters. The van der Waals surface area contributed by atoms with Crippen LogP contribution in [0.4, 0.5) is 5.69 Å². The van der Waals surface area contributed by atoms with E-state index in [1.54, 1.807) is 0 Å². The SMILES string of the molecule is Cc1cccc(N2CCN([C@H](c3cc4c(C)ccc(C)c4[nH]c3=O)c3nnnn3C(C)(C)C)CC2)c1C. The van der Waals surface area contributed by atoms with Crippen molar-refractivity contribution in [3.05, 3.63) is 80.4 Å². The first-order chi connectivity index (χ1) is 17.6. The lowest BCUT2D eigenvalue weighted by atomic mass is 9.98. The molecule has 0 bridgehead atoms. The van der Waals surface area contributed by atoms with E-state index in [9.17, 15) is 4.79 Å². The predicted molar refractivity (Wildman–Crippen MR) is 148 cm³/mol. The quantitative estimate of drug-likeness (QED) is 0.448. The van der Waals surface area contributed by atoms with E-state index in [0.29, 0.717) is 11.4 Å². The zero-order chi connectivity index (χ0) is 26.5. The van der Waals surface area contributed by atoms with E-state index >= 15 is 0 Å². The Morgan fingerprint density at radius 2 is 1.62 bits per heavy atom. The van der Waals surface area contributed by atoms with Gasteiger partial charge < -0.3 is 9.88 Å². The van der Waals surface area contributed by atoms with Gasteiger partial charge in [0.15, 0.2) is 5.82 Å². The van der Waals surface area contributed by atoms with Gasteiger partial charge >= 0.3 is 0 Å². The molecule has 3 heterocycles. The number of nitrogens with one attached hydrogen (secondary N) is 1. The third-order valence-corrected chi connectivity index (χ3v) is 7.74. The first-order valence-electron chi connectivity index (χ1n) is 13.0. The summed E-state index contributed by atoms with van der Waals surface area (Å²) in [5.74, 6) is 0.697. The molecule has 194 valence electrons. The van der Waals surface area contributed by atoms with Crippen molar-refractivity contribution in [2.75, 3.05) is 31.1 Å². The lowest BCUT2D eigenvalue weighted by Crippen LogP contribution is -2.49. The fourth-order valence-electron chi connectivity index (χ4n) is 5.44. The highest BCUT2D eigenvalue weighted by atomic mass is 16.1. The molecule has 1 aliphatic heterocycles. The average molecular weight is 500 g/mol. The summed E-state index contributed by atoms with van der Waals surface area (Å²) in [6.45, 7) is 18.0. The fraction of sp³-hybridized carbons (Fsp3) is 0.448. The number of H-pyrrole nitrogens is 1. The first-order valence-corrected chi connectivity index (χ1v) is 13.0. The number of piperazine rings is 1.